The Hall–Kier alpha value is -1.30. The first kappa shape index (κ1) is 16.1. The fourth-order valence-electron chi connectivity index (χ4n) is 3.13. The highest BCUT2D eigenvalue weighted by Gasteiger charge is 2.26. The highest BCUT2D eigenvalue weighted by molar-refractivity contribution is 5.78. The van der Waals surface area contributed by atoms with Crippen LogP contribution in [-0.4, -0.2) is 66.7 Å². The number of likely N-dealkylation sites (tertiary alicyclic amines) is 2. The summed E-state index contributed by atoms with van der Waals surface area (Å²) in [5.74, 6) is 0.279. The van der Waals surface area contributed by atoms with E-state index in [1.165, 1.54) is 0 Å². The summed E-state index contributed by atoms with van der Waals surface area (Å²) in [6.07, 6.45) is 3.37. The average Bonchev–Trinajstić information content (AvgIpc) is 2.85. The molecule has 0 aromatic rings. The number of carbonyl (C=O) groups excluding carboxylic acids is 2. The topological polar surface area (TPSA) is 61.9 Å². The minimum absolute atomic E-state index is 0.202. The van der Waals surface area contributed by atoms with Crippen LogP contribution in [-0.2, 0) is 9.53 Å². The molecule has 120 valence electrons. The van der Waals surface area contributed by atoms with Crippen molar-refractivity contribution in [3.8, 4) is 0 Å². The second-order valence-corrected chi connectivity index (χ2v) is 5.97. The summed E-state index contributed by atoms with van der Waals surface area (Å²) >= 11 is 0. The molecular formula is C15H27N3O3. The molecule has 0 aromatic heterocycles. The van der Waals surface area contributed by atoms with Crippen LogP contribution in [0.1, 0.15) is 39.5 Å². The van der Waals surface area contributed by atoms with Crippen LogP contribution < -0.4 is 5.32 Å². The molecule has 0 aliphatic carbocycles. The van der Waals surface area contributed by atoms with Crippen molar-refractivity contribution in [3.63, 3.8) is 0 Å². The van der Waals surface area contributed by atoms with Gasteiger partial charge in [0.25, 0.3) is 0 Å². The van der Waals surface area contributed by atoms with Gasteiger partial charge in [0.2, 0.25) is 5.91 Å². The summed E-state index contributed by atoms with van der Waals surface area (Å²) in [6.45, 7) is 7.55. The van der Waals surface area contributed by atoms with Crippen molar-refractivity contribution >= 4 is 12.0 Å². The second kappa shape index (κ2) is 7.64. The average molecular weight is 297 g/mol. The van der Waals surface area contributed by atoms with Gasteiger partial charge in [-0.2, -0.15) is 0 Å². The largest absolute Gasteiger partial charge is 0.450 e. The predicted octanol–water partition coefficient (Wildman–Crippen LogP) is 1.21. The number of hydrogen-bond donors (Lipinski definition) is 1. The summed E-state index contributed by atoms with van der Waals surface area (Å²) in [7, 11) is 0. The van der Waals surface area contributed by atoms with Crippen LogP contribution >= 0.6 is 0 Å². The summed E-state index contributed by atoms with van der Waals surface area (Å²) in [5.41, 5.74) is 0. The van der Waals surface area contributed by atoms with Crippen LogP contribution in [0.4, 0.5) is 4.79 Å². The number of nitrogens with zero attached hydrogens (tertiary/aromatic N) is 2. The van der Waals surface area contributed by atoms with E-state index in [9.17, 15) is 9.59 Å². The first-order valence-electron chi connectivity index (χ1n) is 8.05. The van der Waals surface area contributed by atoms with E-state index in [-0.39, 0.29) is 12.0 Å². The first-order chi connectivity index (χ1) is 10.1. The maximum atomic E-state index is 11.6. The molecule has 6 nitrogen and oxygen atoms in total. The number of nitrogens with one attached hydrogen (secondary N) is 1. The highest BCUT2D eigenvalue weighted by Crippen LogP contribution is 2.14. The van der Waals surface area contributed by atoms with E-state index in [4.69, 9.17) is 4.74 Å². The molecule has 2 fully saturated rings. The molecule has 2 aliphatic heterocycles. The summed E-state index contributed by atoms with van der Waals surface area (Å²) in [4.78, 5) is 27.0. The SMILES string of the molecule is CCOC(=O)N1CCC(NC(C)CN2CCCC2=O)CC1. The minimum atomic E-state index is -0.202. The first-order valence-corrected chi connectivity index (χ1v) is 8.05. The van der Waals surface area contributed by atoms with Gasteiger partial charge in [-0.3, -0.25) is 4.79 Å². The van der Waals surface area contributed by atoms with Crippen LogP contribution in [0.25, 0.3) is 0 Å². The normalized spacial score (nSPS) is 21.7. The zero-order chi connectivity index (χ0) is 15.2. The van der Waals surface area contributed by atoms with Crippen molar-refractivity contribution in [2.45, 2.75) is 51.6 Å². The molecule has 1 N–H and O–H groups in total. The van der Waals surface area contributed by atoms with Gasteiger partial charge in [-0.25, -0.2) is 4.79 Å². The monoisotopic (exact) mass is 297 g/mol. The van der Waals surface area contributed by atoms with Crippen LogP contribution in [0.2, 0.25) is 0 Å². The van der Waals surface area contributed by atoms with Gasteiger partial charge in [-0.05, 0) is 33.1 Å². The molecule has 0 aromatic carbocycles. The van der Waals surface area contributed by atoms with Gasteiger partial charge in [0.05, 0.1) is 6.61 Å². The van der Waals surface area contributed by atoms with Gasteiger partial charge >= 0.3 is 6.09 Å². The number of hydrogen-bond acceptors (Lipinski definition) is 4. The number of rotatable bonds is 5. The molecule has 0 radical (unpaired) electrons. The molecule has 0 saturated carbocycles. The number of amides is 2. The number of ether oxygens (including phenoxy) is 1. The van der Waals surface area contributed by atoms with Crippen molar-refractivity contribution in [1.29, 1.82) is 0 Å². The molecule has 2 saturated heterocycles. The molecule has 2 heterocycles. The summed E-state index contributed by atoms with van der Waals surface area (Å²) in [5, 5.41) is 3.59. The fourth-order valence-corrected chi connectivity index (χ4v) is 3.13. The zero-order valence-corrected chi connectivity index (χ0v) is 13.1. The van der Waals surface area contributed by atoms with Crippen LogP contribution in [0.15, 0.2) is 0 Å². The molecule has 6 heteroatoms. The lowest BCUT2D eigenvalue weighted by Gasteiger charge is -2.34. The molecule has 1 unspecified atom stereocenters. The van der Waals surface area contributed by atoms with E-state index < -0.39 is 0 Å². The Labute approximate surface area is 126 Å². The third kappa shape index (κ3) is 4.59. The van der Waals surface area contributed by atoms with Gasteiger partial charge in [0.15, 0.2) is 0 Å². The van der Waals surface area contributed by atoms with E-state index >= 15 is 0 Å². The molecular weight excluding hydrogens is 270 g/mol. The molecule has 2 amide bonds. The number of piperidine rings is 1. The lowest BCUT2D eigenvalue weighted by Crippen LogP contribution is -2.50. The van der Waals surface area contributed by atoms with Crippen molar-refractivity contribution in [1.82, 2.24) is 15.1 Å². The van der Waals surface area contributed by atoms with E-state index in [0.29, 0.717) is 25.1 Å². The third-order valence-corrected chi connectivity index (χ3v) is 4.21. The van der Waals surface area contributed by atoms with E-state index in [1.54, 1.807) is 4.90 Å². The third-order valence-electron chi connectivity index (χ3n) is 4.21. The quantitative estimate of drug-likeness (QED) is 0.828. The maximum absolute atomic E-state index is 11.6. The standard InChI is InChI=1S/C15H27N3O3/c1-3-21-15(20)17-9-6-13(7-10-17)16-12(2)11-18-8-4-5-14(18)19/h12-13,16H,3-11H2,1-2H3. The Bertz CT molecular complexity index is 367. The number of carbonyl (C=O) groups is 2. The van der Waals surface area contributed by atoms with Crippen molar-refractivity contribution in [2.75, 3.05) is 32.8 Å². The second-order valence-electron chi connectivity index (χ2n) is 5.97. The van der Waals surface area contributed by atoms with Crippen LogP contribution in [0.5, 0.6) is 0 Å². The lowest BCUT2D eigenvalue weighted by molar-refractivity contribution is -0.128. The fraction of sp³-hybridized carbons (Fsp3) is 0.867. The predicted molar refractivity (Wildman–Crippen MR) is 80.0 cm³/mol. The van der Waals surface area contributed by atoms with E-state index in [0.717, 1.165) is 45.4 Å². The summed E-state index contributed by atoms with van der Waals surface area (Å²) < 4.78 is 5.02. The van der Waals surface area contributed by atoms with Crippen molar-refractivity contribution < 1.29 is 14.3 Å². The Morgan fingerprint density at radius 2 is 2.10 bits per heavy atom. The molecule has 21 heavy (non-hydrogen) atoms. The molecule has 1 atom stereocenters. The van der Waals surface area contributed by atoms with Crippen LogP contribution in [0, 0.1) is 0 Å². The Morgan fingerprint density at radius 1 is 1.38 bits per heavy atom. The molecule has 2 aliphatic rings. The Balaban J connectivity index is 1.68. The smallest absolute Gasteiger partial charge is 0.409 e. The summed E-state index contributed by atoms with van der Waals surface area (Å²) in [6, 6.07) is 0.717. The molecule has 2 rings (SSSR count). The molecule has 0 bridgehead atoms. The van der Waals surface area contributed by atoms with Crippen LogP contribution in [0.3, 0.4) is 0 Å². The van der Waals surface area contributed by atoms with E-state index in [2.05, 4.69) is 12.2 Å². The molecule has 0 spiro atoms. The van der Waals surface area contributed by atoms with Gasteiger partial charge < -0.3 is 19.9 Å². The van der Waals surface area contributed by atoms with E-state index in [1.807, 2.05) is 11.8 Å². The Kier molecular flexibility index (Phi) is 5.85. The van der Waals surface area contributed by atoms with Crippen molar-refractivity contribution in [2.24, 2.45) is 0 Å². The maximum Gasteiger partial charge on any atom is 0.409 e. The highest BCUT2D eigenvalue weighted by atomic mass is 16.6. The van der Waals surface area contributed by atoms with Gasteiger partial charge in [-0.1, -0.05) is 0 Å². The van der Waals surface area contributed by atoms with Gasteiger partial charge in [0, 0.05) is 44.7 Å². The van der Waals surface area contributed by atoms with Crippen molar-refractivity contribution in [3.05, 3.63) is 0 Å². The Morgan fingerprint density at radius 3 is 2.67 bits per heavy atom. The lowest BCUT2D eigenvalue weighted by atomic mass is 10.0. The van der Waals surface area contributed by atoms with Gasteiger partial charge in [0.1, 0.15) is 0 Å². The minimum Gasteiger partial charge on any atom is -0.450 e. The van der Waals surface area contributed by atoms with Gasteiger partial charge in [-0.15, -0.1) is 0 Å². The zero-order valence-electron chi connectivity index (χ0n) is 13.1.